The largest absolute Gasteiger partial charge is 0.339 e. The van der Waals surface area contributed by atoms with Crippen molar-refractivity contribution in [2.24, 2.45) is 5.92 Å². The summed E-state index contributed by atoms with van der Waals surface area (Å²) in [6.45, 7) is 3.93. The van der Waals surface area contributed by atoms with Gasteiger partial charge in [0.2, 0.25) is 5.91 Å². The monoisotopic (exact) mass is 263 g/mol. The van der Waals surface area contributed by atoms with Gasteiger partial charge >= 0.3 is 0 Å². The molecule has 0 N–H and O–H groups in total. The molecule has 1 aliphatic rings. The molecule has 1 aliphatic heterocycles. The summed E-state index contributed by atoms with van der Waals surface area (Å²) < 4.78 is 0. The van der Waals surface area contributed by atoms with Crippen molar-refractivity contribution in [3.05, 3.63) is 40.9 Å². The van der Waals surface area contributed by atoms with Crippen LogP contribution in [0.4, 0.5) is 0 Å². The lowest BCUT2D eigenvalue weighted by atomic mass is 10.0. The molecule has 2 rings (SSSR count). The van der Waals surface area contributed by atoms with Crippen LogP contribution in [0.2, 0.25) is 5.02 Å². The van der Waals surface area contributed by atoms with Gasteiger partial charge in [-0.3, -0.25) is 4.79 Å². The van der Waals surface area contributed by atoms with E-state index in [0.29, 0.717) is 10.9 Å². The van der Waals surface area contributed by atoms with Crippen molar-refractivity contribution in [3.8, 4) is 0 Å². The number of likely N-dealkylation sites (tertiary alicyclic amines) is 1. The zero-order chi connectivity index (χ0) is 13.0. The van der Waals surface area contributed by atoms with Gasteiger partial charge in [-0.05, 0) is 36.5 Å². The van der Waals surface area contributed by atoms with Crippen LogP contribution in [0.15, 0.2) is 30.3 Å². The van der Waals surface area contributed by atoms with Crippen molar-refractivity contribution in [2.45, 2.75) is 19.8 Å². The molecule has 0 bridgehead atoms. The summed E-state index contributed by atoms with van der Waals surface area (Å²) in [6, 6.07) is 7.53. The van der Waals surface area contributed by atoms with E-state index in [-0.39, 0.29) is 5.91 Å². The number of piperidine rings is 1. The average molecular weight is 264 g/mol. The molecule has 1 aromatic carbocycles. The molecular weight excluding hydrogens is 246 g/mol. The highest BCUT2D eigenvalue weighted by Gasteiger charge is 2.18. The third-order valence-electron chi connectivity index (χ3n) is 3.28. The molecule has 96 valence electrons. The summed E-state index contributed by atoms with van der Waals surface area (Å²) in [4.78, 5) is 13.9. The lowest BCUT2D eigenvalue weighted by Crippen LogP contribution is -2.38. The first kappa shape index (κ1) is 13.2. The van der Waals surface area contributed by atoms with E-state index in [4.69, 9.17) is 11.6 Å². The molecule has 1 atom stereocenters. The number of benzene rings is 1. The van der Waals surface area contributed by atoms with Gasteiger partial charge in [-0.15, -0.1) is 0 Å². The number of rotatable bonds is 2. The third kappa shape index (κ3) is 3.36. The Bertz CT molecular complexity index is 456. The number of halogens is 1. The molecule has 1 aromatic rings. The van der Waals surface area contributed by atoms with Crippen molar-refractivity contribution in [2.75, 3.05) is 13.1 Å². The fraction of sp³-hybridized carbons (Fsp3) is 0.400. The van der Waals surface area contributed by atoms with Crippen molar-refractivity contribution in [1.29, 1.82) is 0 Å². The second-order valence-electron chi connectivity index (χ2n) is 4.89. The molecular formula is C15H18ClNO. The first-order chi connectivity index (χ1) is 8.66. The Morgan fingerprint density at radius 1 is 1.44 bits per heavy atom. The average Bonchev–Trinajstić information content (AvgIpc) is 2.37. The predicted molar refractivity (Wildman–Crippen MR) is 75.5 cm³/mol. The Morgan fingerprint density at radius 3 is 2.94 bits per heavy atom. The summed E-state index contributed by atoms with van der Waals surface area (Å²) in [5.74, 6) is 0.692. The summed E-state index contributed by atoms with van der Waals surface area (Å²) >= 11 is 6.04. The standard InChI is InChI=1S/C15H18ClNO/c1-12-5-4-10-17(11-12)15(18)9-8-13-6-2-3-7-14(13)16/h2-3,6-9,12H,4-5,10-11H2,1H3. The van der Waals surface area contributed by atoms with E-state index >= 15 is 0 Å². The Labute approximate surface area is 113 Å². The maximum absolute atomic E-state index is 12.0. The topological polar surface area (TPSA) is 20.3 Å². The minimum atomic E-state index is 0.0847. The summed E-state index contributed by atoms with van der Waals surface area (Å²) in [5, 5.41) is 0.675. The highest BCUT2D eigenvalue weighted by atomic mass is 35.5. The van der Waals surface area contributed by atoms with Gasteiger partial charge in [0, 0.05) is 24.2 Å². The van der Waals surface area contributed by atoms with Crippen molar-refractivity contribution in [1.82, 2.24) is 4.90 Å². The quantitative estimate of drug-likeness (QED) is 0.747. The molecule has 3 heteroatoms. The van der Waals surface area contributed by atoms with Crippen LogP contribution in [0.5, 0.6) is 0 Å². The number of carbonyl (C=O) groups is 1. The third-order valence-corrected chi connectivity index (χ3v) is 3.62. The lowest BCUT2D eigenvalue weighted by Gasteiger charge is -2.30. The zero-order valence-corrected chi connectivity index (χ0v) is 11.4. The van der Waals surface area contributed by atoms with Gasteiger partial charge in [0.05, 0.1) is 0 Å². The van der Waals surface area contributed by atoms with E-state index in [1.54, 1.807) is 12.2 Å². The van der Waals surface area contributed by atoms with Crippen LogP contribution < -0.4 is 0 Å². The van der Waals surface area contributed by atoms with E-state index in [1.165, 1.54) is 6.42 Å². The summed E-state index contributed by atoms with van der Waals surface area (Å²) in [5.41, 5.74) is 0.887. The molecule has 0 aliphatic carbocycles. The predicted octanol–water partition coefficient (Wildman–Crippen LogP) is 3.61. The highest BCUT2D eigenvalue weighted by Crippen LogP contribution is 2.18. The number of nitrogens with zero attached hydrogens (tertiary/aromatic N) is 1. The second-order valence-corrected chi connectivity index (χ2v) is 5.29. The first-order valence-electron chi connectivity index (χ1n) is 6.38. The molecule has 1 heterocycles. The summed E-state index contributed by atoms with van der Waals surface area (Å²) in [6.07, 6.45) is 5.74. The Balaban J connectivity index is 2.01. The minimum absolute atomic E-state index is 0.0847. The van der Waals surface area contributed by atoms with Crippen molar-refractivity contribution >= 4 is 23.6 Å². The van der Waals surface area contributed by atoms with Crippen LogP contribution >= 0.6 is 11.6 Å². The Hall–Kier alpha value is -1.28. The highest BCUT2D eigenvalue weighted by molar-refractivity contribution is 6.32. The van der Waals surface area contributed by atoms with Crippen LogP contribution in [0.3, 0.4) is 0 Å². The van der Waals surface area contributed by atoms with Crippen LogP contribution in [-0.2, 0) is 4.79 Å². The molecule has 1 saturated heterocycles. The smallest absolute Gasteiger partial charge is 0.246 e. The molecule has 1 amide bonds. The number of hydrogen-bond acceptors (Lipinski definition) is 1. The van der Waals surface area contributed by atoms with Gasteiger partial charge in [0.1, 0.15) is 0 Å². The zero-order valence-electron chi connectivity index (χ0n) is 10.6. The number of carbonyl (C=O) groups excluding carboxylic acids is 1. The van der Waals surface area contributed by atoms with Crippen molar-refractivity contribution < 1.29 is 4.79 Å². The molecule has 0 saturated carbocycles. The van der Waals surface area contributed by atoms with Gasteiger partial charge in [-0.25, -0.2) is 0 Å². The van der Waals surface area contributed by atoms with Crippen LogP contribution in [0.25, 0.3) is 6.08 Å². The fourth-order valence-electron chi connectivity index (χ4n) is 2.27. The van der Waals surface area contributed by atoms with E-state index in [2.05, 4.69) is 6.92 Å². The molecule has 18 heavy (non-hydrogen) atoms. The lowest BCUT2D eigenvalue weighted by molar-refractivity contribution is -0.127. The van der Waals surface area contributed by atoms with Gasteiger partial charge in [-0.1, -0.05) is 36.7 Å². The van der Waals surface area contributed by atoms with Gasteiger partial charge in [0.15, 0.2) is 0 Å². The Kier molecular flexibility index (Phi) is 4.43. The second kappa shape index (κ2) is 6.05. The molecule has 2 nitrogen and oxygen atoms in total. The summed E-state index contributed by atoms with van der Waals surface area (Å²) in [7, 11) is 0. The number of amides is 1. The maximum Gasteiger partial charge on any atom is 0.246 e. The van der Waals surface area contributed by atoms with Crippen molar-refractivity contribution in [3.63, 3.8) is 0 Å². The molecule has 1 fully saturated rings. The minimum Gasteiger partial charge on any atom is -0.339 e. The van der Waals surface area contributed by atoms with Gasteiger partial charge in [-0.2, -0.15) is 0 Å². The molecule has 0 spiro atoms. The van der Waals surface area contributed by atoms with Crippen LogP contribution in [0, 0.1) is 5.92 Å². The number of hydrogen-bond donors (Lipinski definition) is 0. The fourth-order valence-corrected chi connectivity index (χ4v) is 2.47. The SMILES string of the molecule is CC1CCCN(C(=O)C=Cc2ccccc2Cl)C1. The molecule has 0 radical (unpaired) electrons. The normalized spacial score (nSPS) is 20.3. The molecule has 1 unspecified atom stereocenters. The van der Waals surface area contributed by atoms with Gasteiger partial charge in [0.25, 0.3) is 0 Å². The van der Waals surface area contributed by atoms with Crippen LogP contribution in [-0.4, -0.2) is 23.9 Å². The van der Waals surface area contributed by atoms with E-state index < -0.39 is 0 Å². The van der Waals surface area contributed by atoms with E-state index in [1.807, 2.05) is 29.2 Å². The van der Waals surface area contributed by atoms with E-state index in [9.17, 15) is 4.79 Å². The Morgan fingerprint density at radius 2 is 2.22 bits per heavy atom. The molecule has 0 aromatic heterocycles. The first-order valence-corrected chi connectivity index (χ1v) is 6.76. The van der Waals surface area contributed by atoms with Gasteiger partial charge < -0.3 is 4.90 Å². The maximum atomic E-state index is 12.0. The van der Waals surface area contributed by atoms with Crippen LogP contribution in [0.1, 0.15) is 25.3 Å². The van der Waals surface area contributed by atoms with E-state index in [0.717, 1.165) is 25.1 Å².